The quantitative estimate of drug-likeness (QED) is 0.344. The van der Waals surface area contributed by atoms with Crippen LogP contribution in [0.25, 0.3) is 28.2 Å². The number of ether oxygens (including phenoxy) is 2. The minimum absolute atomic E-state index is 0.542. The number of aliphatic carboxylic acids is 1. The first-order valence-corrected chi connectivity index (χ1v) is 12.8. The van der Waals surface area contributed by atoms with Gasteiger partial charge in [-0.15, -0.1) is 5.10 Å². The maximum Gasteiger partial charge on any atom is 0.337 e. The Labute approximate surface area is 222 Å². The molecule has 38 heavy (non-hydrogen) atoms. The second-order valence-corrected chi connectivity index (χ2v) is 10.6. The summed E-state index contributed by atoms with van der Waals surface area (Å²) in [6.45, 7) is 10.0. The summed E-state index contributed by atoms with van der Waals surface area (Å²) in [4.78, 5) is 17.4. The van der Waals surface area contributed by atoms with Gasteiger partial charge >= 0.3 is 5.97 Å². The number of carboxylic acid groups (broad SMARTS) is 1. The Balaban J connectivity index is 1.72. The van der Waals surface area contributed by atoms with Gasteiger partial charge < -0.3 is 14.6 Å². The van der Waals surface area contributed by atoms with Crippen molar-refractivity contribution in [1.29, 1.82) is 0 Å². The predicted octanol–water partition coefficient (Wildman–Crippen LogP) is 5.88. The van der Waals surface area contributed by atoms with Crippen molar-refractivity contribution < 1.29 is 19.4 Å². The number of carbonyl (C=O) groups is 1. The van der Waals surface area contributed by atoms with Gasteiger partial charge in [0.05, 0.1) is 29.8 Å². The minimum Gasteiger partial charge on any atom is -0.493 e. The number of hydrogen-bond acceptors (Lipinski definition) is 6. The van der Waals surface area contributed by atoms with E-state index >= 15 is 0 Å². The van der Waals surface area contributed by atoms with Crippen molar-refractivity contribution in [3.63, 3.8) is 0 Å². The SMILES string of the molecule is Cc1nc(-c2cn(-c3ccccc3)nn2)c(C)c(-c2ccc3c(c2)CCCO3)c1[C@H](OC(C)(C)C)C(=O)O. The topological polar surface area (TPSA) is 99.4 Å². The minimum atomic E-state index is -1.20. The second-order valence-electron chi connectivity index (χ2n) is 10.6. The molecule has 5 rings (SSSR count). The molecule has 4 aromatic rings. The van der Waals surface area contributed by atoms with Gasteiger partial charge in [-0.3, -0.25) is 4.98 Å². The molecule has 196 valence electrons. The van der Waals surface area contributed by atoms with Crippen LogP contribution < -0.4 is 4.74 Å². The van der Waals surface area contributed by atoms with Gasteiger partial charge in [0.15, 0.2) is 6.10 Å². The Kier molecular flexibility index (Phi) is 6.75. The molecule has 0 amide bonds. The molecule has 1 N–H and O–H groups in total. The zero-order chi connectivity index (χ0) is 27.0. The summed E-state index contributed by atoms with van der Waals surface area (Å²) < 4.78 is 13.6. The second kappa shape index (κ2) is 10.0. The molecule has 8 heteroatoms. The molecular formula is C30H32N4O4. The molecule has 0 bridgehead atoms. The average molecular weight is 513 g/mol. The van der Waals surface area contributed by atoms with Crippen LogP contribution in [0.4, 0.5) is 0 Å². The van der Waals surface area contributed by atoms with Gasteiger partial charge in [-0.2, -0.15) is 0 Å². The summed E-state index contributed by atoms with van der Waals surface area (Å²) in [5, 5.41) is 19.0. The highest BCUT2D eigenvalue weighted by atomic mass is 16.5. The molecule has 0 unspecified atom stereocenters. The van der Waals surface area contributed by atoms with Crippen LogP contribution in [0.5, 0.6) is 5.75 Å². The molecule has 3 heterocycles. The summed E-state index contributed by atoms with van der Waals surface area (Å²) in [5.41, 5.74) is 6.17. The fourth-order valence-corrected chi connectivity index (χ4v) is 4.94. The Morgan fingerprint density at radius 3 is 2.61 bits per heavy atom. The first kappa shape index (κ1) is 25.6. The van der Waals surface area contributed by atoms with Crippen molar-refractivity contribution >= 4 is 5.97 Å². The van der Waals surface area contributed by atoms with Gasteiger partial charge in [-0.1, -0.05) is 29.5 Å². The van der Waals surface area contributed by atoms with E-state index in [0.717, 1.165) is 46.5 Å². The number of benzene rings is 2. The Bertz CT molecular complexity index is 1490. The lowest BCUT2D eigenvalue weighted by atomic mass is 9.88. The van der Waals surface area contributed by atoms with Gasteiger partial charge in [0, 0.05) is 11.3 Å². The molecule has 2 aromatic heterocycles. The number of para-hydroxylation sites is 1. The largest absolute Gasteiger partial charge is 0.493 e. The third kappa shape index (κ3) is 5.04. The Hall–Kier alpha value is -4.04. The predicted molar refractivity (Wildman–Crippen MR) is 145 cm³/mol. The first-order chi connectivity index (χ1) is 18.1. The van der Waals surface area contributed by atoms with Crippen LogP contribution >= 0.6 is 0 Å². The van der Waals surface area contributed by atoms with E-state index in [9.17, 15) is 9.90 Å². The van der Waals surface area contributed by atoms with Gasteiger partial charge in [0.2, 0.25) is 0 Å². The Morgan fingerprint density at radius 1 is 1.13 bits per heavy atom. The zero-order valence-electron chi connectivity index (χ0n) is 22.4. The van der Waals surface area contributed by atoms with E-state index in [1.165, 1.54) is 0 Å². The van der Waals surface area contributed by atoms with Crippen molar-refractivity contribution in [1.82, 2.24) is 20.0 Å². The van der Waals surface area contributed by atoms with Gasteiger partial charge in [0.1, 0.15) is 11.4 Å². The number of carboxylic acids is 1. The van der Waals surface area contributed by atoms with Gasteiger partial charge in [-0.05, 0) is 94.0 Å². The summed E-state index contributed by atoms with van der Waals surface area (Å²) in [6.07, 6.45) is 2.49. The molecule has 0 fully saturated rings. The fourth-order valence-electron chi connectivity index (χ4n) is 4.94. The van der Waals surface area contributed by atoms with Crippen LogP contribution in [0.15, 0.2) is 54.7 Å². The summed E-state index contributed by atoms with van der Waals surface area (Å²) >= 11 is 0. The number of nitrogens with zero attached hydrogens (tertiary/aromatic N) is 4. The highest BCUT2D eigenvalue weighted by molar-refractivity contribution is 5.85. The van der Waals surface area contributed by atoms with Crippen LogP contribution in [0.3, 0.4) is 0 Å². The van der Waals surface area contributed by atoms with E-state index in [1.807, 2.05) is 83.3 Å². The van der Waals surface area contributed by atoms with E-state index in [4.69, 9.17) is 14.5 Å². The Morgan fingerprint density at radius 2 is 1.89 bits per heavy atom. The molecule has 8 nitrogen and oxygen atoms in total. The summed E-state index contributed by atoms with van der Waals surface area (Å²) in [7, 11) is 0. The van der Waals surface area contributed by atoms with Crippen LogP contribution in [0, 0.1) is 13.8 Å². The zero-order valence-corrected chi connectivity index (χ0v) is 22.4. The average Bonchev–Trinajstić information content (AvgIpc) is 3.38. The highest BCUT2D eigenvalue weighted by Crippen LogP contribution is 2.41. The number of aromatic nitrogens is 4. The van der Waals surface area contributed by atoms with E-state index < -0.39 is 17.7 Å². The molecule has 0 saturated carbocycles. The van der Waals surface area contributed by atoms with Crippen LogP contribution in [0.2, 0.25) is 0 Å². The maximum atomic E-state index is 12.6. The number of fused-ring (bicyclic) bond motifs is 1. The van der Waals surface area contributed by atoms with Crippen LogP contribution in [-0.2, 0) is 16.0 Å². The first-order valence-electron chi connectivity index (χ1n) is 12.8. The monoisotopic (exact) mass is 512 g/mol. The molecule has 0 saturated heterocycles. The smallest absolute Gasteiger partial charge is 0.337 e. The molecule has 0 spiro atoms. The third-order valence-electron chi connectivity index (χ3n) is 6.58. The lowest BCUT2D eigenvalue weighted by molar-refractivity contribution is -0.160. The molecule has 1 aliphatic rings. The maximum absolute atomic E-state index is 12.6. The highest BCUT2D eigenvalue weighted by Gasteiger charge is 2.33. The van der Waals surface area contributed by atoms with Crippen LogP contribution in [-0.4, -0.2) is 43.3 Å². The normalized spacial score (nSPS) is 14.0. The van der Waals surface area contributed by atoms with E-state index in [-0.39, 0.29) is 0 Å². The standard InChI is InChI=1S/C30H32N4O4/c1-18-25(21-13-14-24-20(16-21)10-9-15-37-24)26(28(29(35)36)38-30(3,4)5)19(2)31-27(18)23-17-34(33-32-23)22-11-7-6-8-12-22/h6-8,11-14,16-17,28H,9-10,15H2,1-5H3,(H,35,36)/t28-/m0/s1. The van der Waals surface area contributed by atoms with Crippen molar-refractivity contribution in [2.24, 2.45) is 0 Å². The number of pyridine rings is 1. The fraction of sp³-hybridized carbons (Fsp3) is 0.333. The van der Waals surface area contributed by atoms with Crippen molar-refractivity contribution in [2.75, 3.05) is 6.61 Å². The molecule has 1 atom stereocenters. The number of rotatable bonds is 6. The summed E-state index contributed by atoms with van der Waals surface area (Å²) in [5.74, 6) is -0.189. The molecule has 2 aromatic carbocycles. The summed E-state index contributed by atoms with van der Waals surface area (Å²) in [6, 6.07) is 15.8. The lowest BCUT2D eigenvalue weighted by Crippen LogP contribution is -2.28. The van der Waals surface area contributed by atoms with E-state index in [2.05, 4.69) is 16.4 Å². The van der Waals surface area contributed by atoms with Crippen molar-refractivity contribution in [3.05, 3.63) is 77.1 Å². The number of hydrogen-bond donors (Lipinski definition) is 1. The molecule has 1 aliphatic heterocycles. The number of aryl methyl sites for hydroxylation is 2. The van der Waals surface area contributed by atoms with Crippen LogP contribution in [0.1, 0.15) is 55.7 Å². The van der Waals surface area contributed by atoms with Crippen molar-refractivity contribution in [2.45, 2.75) is 59.2 Å². The molecule has 0 radical (unpaired) electrons. The van der Waals surface area contributed by atoms with E-state index in [0.29, 0.717) is 29.3 Å². The van der Waals surface area contributed by atoms with Crippen molar-refractivity contribution in [3.8, 4) is 34.0 Å². The van der Waals surface area contributed by atoms with Gasteiger partial charge in [-0.25, -0.2) is 9.48 Å². The lowest BCUT2D eigenvalue weighted by Gasteiger charge is -2.29. The molecule has 0 aliphatic carbocycles. The van der Waals surface area contributed by atoms with E-state index in [1.54, 1.807) is 4.68 Å². The van der Waals surface area contributed by atoms with Gasteiger partial charge in [0.25, 0.3) is 0 Å². The molecular weight excluding hydrogens is 480 g/mol. The third-order valence-corrected chi connectivity index (χ3v) is 6.58.